The van der Waals surface area contributed by atoms with Gasteiger partial charge in [-0.1, -0.05) is 12.8 Å². The van der Waals surface area contributed by atoms with Gasteiger partial charge in [-0.15, -0.1) is 0 Å². The van der Waals surface area contributed by atoms with Crippen LogP contribution in [0, 0.1) is 11.6 Å². The van der Waals surface area contributed by atoms with Crippen molar-refractivity contribution in [3.8, 4) is 17.2 Å². The zero-order valence-corrected chi connectivity index (χ0v) is 25.0. The van der Waals surface area contributed by atoms with Gasteiger partial charge >= 0.3 is 0 Å². The molecule has 1 fully saturated rings. The average molecular weight is 620 g/mol. The standard InChI is InChI=1S/C28H31F2N5O5S2/c1-34-23(11-12-32-34)20-7-5-4-6-8-24(20)40-26-14-22(30)27(15-21(26)29)42(36,37)35(28-31-17-33-41-28)16-18-9-10-19(38-2)13-25(18)39-3/h9-15,17,20,24H,4-8,16H2,1-3H3/t20-,24+/m1/s1. The highest BCUT2D eigenvalue weighted by molar-refractivity contribution is 7.93. The third-order valence-electron chi connectivity index (χ3n) is 7.40. The van der Waals surface area contributed by atoms with E-state index in [4.69, 9.17) is 14.2 Å². The second-order valence-corrected chi connectivity index (χ2v) is 12.5. The molecular weight excluding hydrogens is 588 g/mol. The molecule has 0 amide bonds. The van der Waals surface area contributed by atoms with Gasteiger partial charge in [0.1, 0.15) is 34.6 Å². The fraction of sp³-hybridized carbons (Fsp3) is 0.393. The first kappa shape index (κ1) is 29.7. The second-order valence-electron chi connectivity index (χ2n) is 9.91. The van der Waals surface area contributed by atoms with Crippen molar-refractivity contribution in [2.75, 3.05) is 18.5 Å². The Hall–Kier alpha value is -3.78. The first-order valence-electron chi connectivity index (χ1n) is 13.4. The molecule has 224 valence electrons. The molecule has 2 aromatic carbocycles. The summed E-state index contributed by atoms with van der Waals surface area (Å²) in [5.74, 6) is -1.69. The summed E-state index contributed by atoms with van der Waals surface area (Å²) in [4.78, 5) is 3.18. The van der Waals surface area contributed by atoms with Crippen LogP contribution in [0.3, 0.4) is 0 Å². The first-order chi connectivity index (χ1) is 20.2. The van der Waals surface area contributed by atoms with Gasteiger partial charge in [-0.25, -0.2) is 26.5 Å². The molecule has 2 atom stereocenters. The lowest BCUT2D eigenvalue weighted by Crippen LogP contribution is -2.31. The van der Waals surface area contributed by atoms with Crippen molar-refractivity contribution in [2.45, 2.75) is 55.6 Å². The number of nitrogens with zero attached hydrogens (tertiary/aromatic N) is 5. The summed E-state index contributed by atoms with van der Waals surface area (Å²) in [6, 6.07) is 8.23. The first-order valence-corrected chi connectivity index (χ1v) is 15.6. The lowest BCUT2D eigenvalue weighted by molar-refractivity contribution is 0.150. The Labute approximate surface area is 247 Å². The molecule has 0 aliphatic heterocycles. The van der Waals surface area contributed by atoms with E-state index in [1.54, 1.807) is 29.1 Å². The van der Waals surface area contributed by atoms with Gasteiger partial charge in [0.25, 0.3) is 10.0 Å². The van der Waals surface area contributed by atoms with Crippen LogP contribution in [0.25, 0.3) is 0 Å². The fourth-order valence-electron chi connectivity index (χ4n) is 5.25. The molecule has 5 rings (SSSR count). The quantitative estimate of drug-likeness (QED) is 0.216. The molecule has 2 aromatic heterocycles. The smallest absolute Gasteiger partial charge is 0.269 e. The summed E-state index contributed by atoms with van der Waals surface area (Å²) in [5.41, 5.74) is 1.40. The van der Waals surface area contributed by atoms with E-state index in [9.17, 15) is 8.42 Å². The van der Waals surface area contributed by atoms with Crippen molar-refractivity contribution in [1.29, 1.82) is 0 Å². The number of rotatable bonds is 10. The maximum Gasteiger partial charge on any atom is 0.269 e. The van der Waals surface area contributed by atoms with Crippen LogP contribution >= 0.6 is 11.5 Å². The molecule has 10 nitrogen and oxygen atoms in total. The van der Waals surface area contributed by atoms with E-state index in [0.29, 0.717) is 29.5 Å². The van der Waals surface area contributed by atoms with Crippen LogP contribution in [0.4, 0.5) is 13.9 Å². The van der Waals surface area contributed by atoms with Gasteiger partial charge in [0, 0.05) is 60.2 Å². The van der Waals surface area contributed by atoms with Gasteiger partial charge in [-0.3, -0.25) is 4.68 Å². The SMILES string of the molecule is COc1ccc(CN(c2ncns2)S(=O)(=O)c2cc(F)c(O[C@H]3CCCCC[C@@H]3c3ccnn3C)cc2F)c(OC)c1. The molecule has 1 saturated carbocycles. The van der Waals surface area contributed by atoms with Crippen molar-refractivity contribution in [1.82, 2.24) is 19.1 Å². The maximum absolute atomic E-state index is 15.6. The molecule has 0 saturated heterocycles. The highest BCUT2D eigenvalue weighted by Crippen LogP contribution is 2.37. The number of methoxy groups -OCH3 is 2. The monoisotopic (exact) mass is 619 g/mol. The van der Waals surface area contributed by atoms with Gasteiger partial charge in [-0.05, 0) is 37.5 Å². The number of anilines is 1. The lowest BCUT2D eigenvalue weighted by atomic mass is 9.93. The molecule has 0 unspecified atom stereocenters. The molecule has 0 bridgehead atoms. The van der Waals surface area contributed by atoms with Gasteiger partial charge in [0.2, 0.25) is 5.13 Å². The zero-order chi connectivity index (χ0) is 29.9. The summed E-state index contributed by atoms with van der Waals surface area (Å²) in [5, 5.41) is 4.23. The lowest BCUT2D eigenvalue weighted by Gasteiger charge is -2.27. The summed E-state index contributed by atoms with van der Waals surface area (Å²) in [6.07, 6.45) is 6.77. The van der Waals surface area contributed by atoms with E-state index in [1.807, 2.05) is 13.1 Å². The molecule has 4 aromatic rings. The topological polar surface area (TPSA) is 109 Å². The van der Waals surface area contributed by atoms with Crippen LogP contribution in [0.1, 0.15) is 49.3 Å². The number of hydrogen-bond donors (Lipinski definition) is 0. The highest BCUT2D eigenvalue weighted by Gasteiger charge is 2.34. The number of hydrogen-bond acceptors (Lipinski definition) is 9. The Morgan fingerprint density at radius 1 is 1.02 bits per heavy atom. The maximum atomic E-state index is 15.6. The van der Waals surface area contributed by atoms with E-state index >= 15 is 8.78 Å². The second kappa shape index (κ2) is 12.6. The largest absolute Gasteiger partial charge is 0.497 e. The Balaban J connectivity index is 1.48. The molecular formula is C28H31F2N5O5S2. The van der Waals surface area contributed by atoms with Crippen molar-refractivity contribution in [3.05, 3.63) is 71.8 Å². The summed E-state index contributed by atoms with van der Waals surface area (Å²) >= 11 is 0.804. The Morgan fingerprint density at radius 2 is 1.83 bits per heavy atom. The van der Waals surface area contributed by atoms with Crippen LogP contribution in [-0.2, 0) is 23.6 Å². The highest BCUT2D eigenvalue weighted by atomic mass is 32.2. The molecule has 0 radical (unpaired) electrons. The molecule has 42 heavy (non-hydrogen) atoms. The summed E-state index contributed by atoms with van der Waals surface area (Å²) in [7, 11) is 0.110. The van der Waals surface area contributed by atoms with E-state index in [1.165, 1.54) is 20.5 Å². The molecule has 0 spiro atoms. The fourth-order valence-corrected chi connectivity index (χ4v) is 7.44. The minimum atomic E-state index is -4.65. The predicted octanol–water partition coefficient (Wildman–Crippen LogP) is 5.46. The van der Waals surface area contributed by atoms with Crippen molar-refractivity contribution in [2.24, 2.45) is 7.05 Å². The molecule has 14 heteroatoms. The van der Waals surface area contributed by atoms with E-state index < -0.39 is 32.7 Å². The molecule has 1 aliphatic carbocycles. The van der Waals surface area contributed by atoms with Gasteiger partial charge in [-0.2, -0.15) is 9.47 Å². The third-order valence-corrected chi connectivity index (χ3v) is 9.95. The van der Waals surface area contributed by atoms with Crippen molar-refractivity contribution in [3.63, 3.8) is 0 Å². The van der Waals surface area contributed by atoms with Crippen molar-refractivity contribution >= 4 is 26.7 Å². The van der Waals surface area contributed by atoms with Gasteiger partial charge < -0.3 is 14.2 Å². The minimum absolute atomic E-state index is 0.0227. The van der Waals surface area contributed by atoms with Gasteiger partial charge in [0.05, 0.1) is 20.8 Å². The summed E-state index contributed by atoms with van der Waals surface area (Å²) < 4.78 is 82.2. The van der Waals surface area contributed by atoms with E-state index in [0.717, 1.165) is 53.3 Å². The van der Waals surface area contributed by atoms with Crippen LogP contribution in [0.15, 0.2) is 53.8 Å². The van der Waals surface area contributed by atoms with E-state index in [-0.39, 0.29) is 23.3 Å². The average Bonchev–Trinajstić information content (AvgIpc) is 3.61. The van der Waals surface area contributed by atoms with Crippen LogP contribution in [-0.4, -0.2) is 47.9 Å². The normalized spacial score (nSPS) is 17.5. The predicted molar refractivity (Wildman–Crippen MR) is 153 cm³/mol. The van der Waals surface area contributed by atoms with Crippen molar-refractivity contribution < 1.29 is 31.4 Å². The van der Waals surface area contributed by atoms with Crippen LogP contribution in [0.2, 0.25) is 0 Å². The zero-order valence-electron chi connectivity index (χ0n) is 23.4. The van der Waals surface area contributed by atoms with E-state index in [2.05, 4.69) is 14.5 Å². The van der Waals surface area contributed by atoms with Gasteiger partial charge in [0.15, 0.2) is 11.6 Å². The Morgan fingerprint density at radius 3 is 2.52 bits per heavy atom. The minimum Gasteiger partial charge on any atom is -0.497 e. The number of aromatic nitrogens is 4. The number of aryl methyl sites for hydroxylation is 1. The van der Waals surface area contributed by atoms with Crippen LogP contribution in [0.5, 0.6) is 17.2 Å². The number of halogens is 2. The third kappa shape index (κ3) is 6.04. The molecule has 1 aliphatic rings. The number of sulfonamides is 1. The Kier molecular flexibility index (Phi) is 8.92. The summed E-state index contributed by atoms with van der Waals surface area (Å²) in [6.45, 7) is -0.279. The number of benzene rings is 2. The molecule has 2 heterocycles. The Bertz CT molecular complexity index is 1630. The van der Waals surface area contributed by atoms with Crippen LogP contribution < -0.4 is 18.5 Å². The molecule has 0 N–H and O–H groups in total. The number of ether oxygens (including phenoxy) is 3.